The largest absolute Gasteiger partial charge is 0.298 e. The Morgan fingerprint density at radius 1 is 0.875 bits per heavy atom. The highest BCUT2D eigenvalue weighted by Gasteiger charge is 2.44. The molecule has 0 saturated carbocycles. The second-order valence-electron chi connectivity index (χ2n) is 8.16. The average Bonchev–Trinajstić information content (AvgIpc) is 2.83. The molecule has 4 unspecified atom stereocenters. The number of nitrogens with zero attached hydrogens (tertiary/aromatic N) is 3. The maximum Gasteiger partial charge on any atom is 0.148 e. The molecule has 0 N–H and O–H groups in total. The summed E-state index contributed by atoms with van der Waals surface area (Å²) < 4.78 is 14.8. The first-order chi connectivity index (χ1) is 11.7. The lowest BCUT2D eigenvalue weighted by atomic mass is 10.1. The fourth-order valence-electron chi connectivity index (χ4n) is 4.68. The molecule has 138 valence electrons. The molecule has 4 rings (SSSR count). The summed E-state index contributed by atoms with van der Waals surface area (Å²) in [5, 5.41) is 0. The van der Waals surface area contributed by atoms with E-state index in [0.717, 1.165) is 39.1 Å². The van der Waals surface area contributed by atoms with Crippen LogP contribution < -0.4 is 0 Å². The molecule has 5 atom stereocenters. The molecule has 0 aromatic carbocycles. The van der Waals surface area contributed by atoms with E-state index < -0.39 is 5.67 Å². The smallest absolute Gasteiger partial charge is 0.148 e. The van der Waals surface area contributed by atoms with Gasteiger partial charge in [-0.2, -0.15) is 0 Å². The van der Waals surface area contributed by atoms with Gasteiger partial charge in [-0.1, -0.05) is 31.9 Å². The summed E-state index contributed by atoms with van der Waals surface area (Å²) in [5.41, 5.74) is -0.989. The van der Waals surface area contributed by atoms with E-state index in [9.17, 15) is 4.39 Å². The molecular formula is C20H36FN3. The van der Waals surface area contributed by atoms with Gasteiger partial charge in [0.1, 0.15) is 5.67 Å². The highest BCUT2D eigenvalue weighted by atomic mass is 18.2. The summed E-state index contributed by atoms with van der Waals surface area (Å²) in [5.74, 6) is 0. The lowest BCUT2D eigenvalue weighted by Crippen LogP contribution is -2.46. The van der Waals surface area contributed by atoms with Crippen molar-refractivity contribution in [2.24, 2.45) is 0 Å². The van der Waals surface area contributed by atoms with E-state index in [0.29, 0.717) is 25.7 Å². The van der Waals surface area contributed by atoms with E-state index >= 15 is 0 Å². The topological polar surface area (TPSA) is 9.72 Å². The van der Waals surface area contributed by atoms with Gasteiger partial charge in [-0.15, -0.1) is 0 Å². The number of hydrogen-bond acceptors (Lipinski definition) is 3. The van der Waals surface area contributed by atoms with Gasteiger partial charge in [-0.3, -0.25) is 14.7 Å². The minimum Gasteiger partial charge on any atom is -0.298 e. The van der Waals surface area contributed by atoms with E-state index in [1.54, 1.807) is 0 Å². The van der Waals surface area contributed by atoms with Crippen LogP contribution in [-0.2, 0) is 0 Å². The molecule has 24 heavy (non-hydrogen) atoms. The van der Waals surface area contributed by atoms with E-state index in [1.807, 2.05) is 0 Å². The van der Waals surface area contributed by atoms with Crippen LogP contribution in [0, 0.1) is 0 Å². The van der Waals surface area contributed by atoms with Gasteiger partial charge < -0.3 is 0 Å². The monoisotopic (exact) mass is 336 g/mol. The standard InChI is InChI=1S/C12H22FN3.C8H14/c1-2-11-7-15-4-3-14-5-6-16(11)10-12(13,8-14)9-15;1-2-4-6-8-7-5-3-1/h11H,2-10H2,1H3;1-2H,3-8H2/t11?,12-;/m0./s1/i13-1;. The zero-order valence-corrected chi connectivity index (χ0v) is 15.6. The van der Waals surface area contributed by atoms with Crippen molar-refractivity contribution >= 4 is 0 Å². The number of halogens is 1. The SMILES string of the molecule is C1=CCCCCCC1.CCC1CN2CCN3CCN1C[C@]([18F])(C3)C2. The van der Waals surface area contributed by atoms with Gasteiger partial charge in [-0.05, 0) is 32.1 Å². The van der Waals surface area contributed by atoms with Crippen LogP contribution in [0.1, 0.15) is 51.9 Å². The van der Waals surface area contributed by atoms with Crippen LogP contribution in [-0.4, -0.2) is 78.8 Å². The Morgan fingerprint density at radius 2 is 1.50 bits per heavy atom. The lowest BCUT2D eigenvalue weighted by Gasteiger charge is -2.30. The zero-order chi connectivity index (χ0) is 16.8. The second-order valence-corrected chi connectivity index (χ2v) is 8.16. The molecule has 0 radical (unpaired) electrons. The molecule has 1 aliphatic carbocycles. The van der Waals surface area contributed by atoms with E-state index in [1.165, 1.54) is 38.5 Å². The molecule has 0 aromatic rings. The van der Waals surface area contributed by atoms with Crippen LogP contribution >= 0.6 is 0 Å². The molecule has 3 aliphatic heterocycles. The van der Waals surface area contributed by atoms with E-state index in [2.05, 4.69) is 33.8 Å². The van der Waals surface area contributed by atoms with Crippen LogP contribution in [0.3, 0.4) is 0 Å². The Balaban J connectivity index is 0.000000179. The molecule has 4 bridgehead atoms. The lowest BCUT2D eigenvalue weighted by molar-refractivity contribution is 0.0922. The van der Waals surface area contributed by atoms with Gasteiger partial charge in [0.2, 0.25) is 0 Å². The Kier molecular flexibility index (Phi) is 6.71. The molecule has 4 heteroatoms. The third-order valence-electron chi connectivity index (χ3n) is 6.05. The van der Waals surface area contributed by atoms with E-state index in [4.69, 9.17) is 0 Å². The molecule has 0 aromatic heterocycles. The summed E-state index contributed by atoms with van der Waals surface area (Å²) in [6, 6.07) is 0.565. The minimum absolute atomic E-state index is 0.565. The van der Waals surface area contributed by atoms with Crippen LogP contribution in [0.2, 0.25) is 0 Å². The number of allylic oxidation sites excluding steroid dienone is 2. The van der Waals surface area contributed by atoms with Crippen molar-refractivity contribution in [1.29, 1.82) is 0 Å². The summed E-state index contributed by atoms with van der Waals surface area (Å²) in [6.07, 6.45) is 14.1. The maximum absolute atomic E-state index is 14.8. The van der Waals surface area contributed by atoms with Crippen LogP contribution in [0.25, 0.3) is 0 Å². The van der Waals surface area contributed by atoms with Crippen LogP contribution in [0.15, 0.2) is 12.2 Å². The molecule has 3 saturated heterocycles. The fraction of sp³-hybridized carbons (Fsp3) is 0.900. The number of alkyl halides is 1. The van der Waals surface area contributed by atoms with Gasteiger partial charge in [0.25, 0.3) is 0 Å². The predicted molar refractivity (Wildman–Crippen MR) is 99.2 cm³/mol. The Hall–Kier alpha value is -0.450. The third kappa shape index (κ3) is 5.03. The quantitative estimate of drug-likeness (QED) is 0.680. The predicted octanol–water partition coefficient (Wildman–Crippen LogP) is 3.32. The molecule has 4 aliphatic rings. The normalized spacial score (nSPS) is 42.1. The third-order valence-corrected chi connectivity index (χ3v) is 6.05. The van der Waals surface area contributed by atoms with Crippen molar-refractivity contribution in [2.75, 3.05) is 52.4 Å². The summed E-state index contributed by atoms with van der Waals surface area (Å²) >= 11 is 0. The molecule has 0 amide bonds. The van der Waals surface area contributed by atoms with Crippen LogP contribution in [0.4, 0.5) is 4.39 Å². The van der Waals surface area contributed by atoms with Gasteiger partial charge in [0.15, 0.2) is 0 Å². The van der Waals surface area contributed by atoms with Crippen molar-refractivity contribution in [3.05, 3.63) is 12.2 Å². The Labute approximate surface area is 147 Å². The van der Waals surface area contributed by atoms with Gasteiger partial charge >= 0.3 is 0 Å². The summed E-state index contributed by atoms with van der Waals surface area (Å²) in [7, 11) is 0. The Morgan fingerprint density at radius 3 is 2.21 bits per heavy atom. The second kappa shape index (κ2) is 8.77. The number of fused-ring (bicyclic) bond motifs is 3. The highest BCUT2D eigenvalue weighted by molar-refractivity contribution is 4.99. The molecular weight excluding hydrogens is 300 g/mol. The van der Waals surface area contributed by atoms with Gasteiger partial charge in [0.05, 0.1) is 0 Å². The average molecular weight is 337 g/mol. The number of hydrogen-bond donors (Lipinski definition) is 0. The van der Waals surface area contributed by atoms with E-state index in [-0.39, 0.29) is 0 Å². The van der Waals surface area contributed by atoms with Gasteiger partial charge in [0, 0.05) is 58.4 Å². The Bertz CT molecular complexity index is 404. The fourth-order valence-corrected chi connectivity index (χ4v) is 4.68. The first kappa shape index (κ1) is 18.3. The zero-order valence-electron chi connectivity index (χ0n) is 15.6. The van der Waals surface area contributed by atoms with Crippen molar-refractivity contribution in [2.45, 2.75) is 63.6 Å². The minimum atomic E-state index is -0.989. The number of rotatable bonds is 1. The van der Waals surface area contributed by atoms with Crippen LogP contribution in [0.5, 0.6) is 0 Å². The van der Waals surface area contributed by atoms with Crippen molar-refractivity contribution in [1.82, 2.24) is 14.7 Å². The summed E-state index contributed by atoms with van der Waals surface area (Å²) in [6.45, 7) is 9.45. The first-order valence-corrected chi connectivity index (χ1v) is 10.2. The van der Waals surface area contributed by atoms with Crippen molar-refractivity contribution in [3.63, 3.8) is 0 Å². The highest BCUT2D eigenvalue weighted by Crippen LogP contribution is 2.28. The van der Waals surface area contributed by atoms with Gasteiger partial charge in [-0.25, -0.2) is 4.39 Å². The summed E-state index contributed by atoms with van der Waals surface area (Å²) in [4.78, 5) is 7.06. The molecule has 3 nitrogen and oxygen atoms in total. The molecule has 0 spiro atoms. The van der Waals surface area contributed by atoms with Crippen molar-refractivity contribution in [3.8, 4) is 0 Å². The first-order valence-electron chi connectivity index (χ1n) is 10.2. The maximum atomic E-state index is 14.8. The molecule has 3 heterocycles. The van der Waals surface area contributed by atoms with Crippen molar-refractivity contribution < 1.29 is 4.39 Å². The molecule has 3 fully saturated rings.